The molecule has 0 aliphatic heterocycles. The van der Waals surface area contributed by atoms with Crippen molar-refractivity contribution in [1.82, 2.24) is 0 Å². The van der Waals surface area contributed by atoms with E-state index in [9.17, 15) is 5.11 Å². The second-order valence-electron chi connectivity index (χ2n) is 8.46. The highest BCUT2D eigenvalue weighted by Gasteiger charge is 2.17. The second-order valence-corrected chi connectivity index (χ2v) is 8.46. The first-order chi connectivity index (χ1) is 13.9. The van der Waals surface area contributed by atoms with Crippen LogP contribution in [0, 0.1) is 0 Å². The highest BCUT2D eigenvalue weighted by Crippen LogP contribution is 2.42. The predicted molar refractivity (Wildman–Crippen MR) is 122 cm³/mol. The van der Waals surface area contributed by atoms with Crippen LogP contribution >= 0.6 is 0 Å². The zero-order valence-electron chi connectivity index (χ0n) is 17.1. The molecule has 0 aliphatic carbocycles. The Morgan fingerprint density at radius 2 is 0.966 bits per heavy atom. The van der Waals surface area contributed by atoms with Gasteiger partial charge in [-0.05, 0) is 45.4 Å². The van der Waals surface area contributed by atoms with Crippen LogP contribution in [-0.4, -0.2) is 0 Å². The maximum absolute atomic E-state index is 13.3. The maximum atomic E-state index is 13.3. The average Bonchev–Trinajstić information content (AvgIpc) is 2.75. The fraction of sp³-hybridized carbons (Fsp3) is 0.143. The third kappa shape index (κ3) is 3.95. The van der Waals surface area contributed by atoms with Gasteiger partial charge in [0.15, 0.2) is 5.75 Å². The van der Waals surface area contributed by atoms with E-state index in [0.717, 1.165) is 33.4 Å². The van der Waals surface area contributed by atoms with Gasteiger partial charge in [0.05, 0.1) is 0 Å². The van der Waals surface area contributed by atoms with E-state index >= 15 is 0 Å². The molecule has 0 saturated heterocycles. The second kappa shape index (κ2) is 7.60. The van der Waals surface area contributed by atoms with Crippen LogP contribution in [0.1, 0.15) is 26.3 Å². The van der Waals surface area contributed by atoms with E-state index in [0.29, 0.717) is 0 Å². The predicted octanol–water partition coefficient (Wildman–Crippen LogP) is 8.13. The molecule has 0 bridgehead atoms. The molecule has 1 nitrogen and oxygen atoms in total. The fourth-order valence-corrected chi connectivity index (χ4v) is 3.62. The molecule has 0 saturated carbocycles. The molecular formula is C28H25O. The third-order valence-electron chi connectivity index (χ3n) is 5.34. The van der Waals surface area contributed by atoms with Gasteiger partial charge in [-0.2, -0.15) is 0 Å². The first-order valence-electron chi connectivity index (χ1n) is 10.0. The van der Waals surface area contributed by atoms with Gasteiger partial charge in [0.1, 0.15) is 0 Å². The molecule has 29 heavy (non-hydrogen) atoms. The van der Waals surface area contributed by atoms with Gasteiger partial charge >= 0.3 is 0 Å². The Kier molecular flexibility index (Phi) is 4.98. The summed E-state index contributed by atoms with van der Waals surface area (Å²) in [7, 11) is 0. The van der Waals surface area contributed by atoms with Crippen molar-refractivity contribution in [2.75, 3.05) is 0 Å². The quantitative estimate of drug-likeness (QED) is 0.343. The van der Waals surface area contributed by atoms with Crippen LogP contribution in [0.4, 0.5) is 0 Å². The molecule has 0 N–H and O–H groups in total. The van der Waals surface area contributed by atoms with E-state index in [1.807, 2.05) is 72.8 Å². The monoisotopic (exact) mass is 377 g/mol. The van der Waals surface area contributed by atoms with Gasteiger partial charge in [0.2, 0.25) is 0 Å². The Bertz CT molecular complexity index is 1040. The SMILES string of the molecule is CC(C)(C)c1ccc(-c2cc(-c3ccccc3)c([O])c(-c3ccccc3)c2)cc1. The number of benzene rings is 4. The molecule has 143 valence electrons. The summed E-state index contributed by atoms with van der Waals surface area (Å²) in [6.45, 7) is 6.65. The van der Waals surface area contributed by atoms with Crippen molar-refractivity contribution >= 4 is 0 Å². The summed E-state index contributed by atoms with van der Waals surface area (Å²) < 4.78 is 0. The van der Waals surface area contributed by atoms with Gasteiger partial charge in [0.25, 0.3) is 0 Å². The molecule has 4 rings (SSSR count). The molecule has 1 radical (unpaired) electrons. The van der Waals surface area contributed by atoms with Gasteiger partial charge in [0, 0.05) is 11.1 Å². The summed E-state index contributed by atoms with van der Waals surface area (Å²) in [5, 5.41) is 13.3. The van der Waals surface area contributed by atoms with Gasteiger partial charge in [-0.1, -0.05) is 106 Å². The number of hydrogen-bond acceptors (Lipinski definition) is 0. The molecule has 0 atom stereocenters. The van der Waals surface area contributed by atoms with Crippen LogP contribution in [-0.2, 0) is 10.5 Å². The average molecular weight is 378 g/mol. The molecular weight excluding hydrogens is 352 g/mol. The van der Waals surface area contributed by atoms with E-state index in [4.69, 9.17) is 0 Å². The van der Waals surface area contributed by atoms with Crippen molar-refractivity contribution in [2.45, 2.75) is 26.2 Å². The van der Waals surface area contributed by atoms with Crippen molar-refractivity contribution in [3.8, 4) is 39.1 Å². The minimum Gasteiger partial charge on any atom is -0.289 e. The molecule has 0 unspecified atom stereocenters. The van der Waals surface area contributed by atoms with Crippen LogP contribution in [0.25, 0.3) is 33.4 Å². The van der Waals surface area contributed by atoms with Crippen LogP contribution in [0.2, 0.25) is 0 Å². The van der Waals surface area contributed by atoms with Crippen molar-refractivity contribution in [3.63, 3.8) is 0 Å². The lowest BCUT2D eigenvalue weighted by Crippen LogP contribution is -2.10. The number of rotatable bonds is 3. The molecule has 0 amide bonds. The van der Waals surface area contributed by atoms with Crippen molar-refractivity contribution < 1.29 is 5.11 Å². The molecule has 4 aromatic carbocycles. The Hall–Kier alpha value is -3.32. The van der Waals surface area contributed by atoms with Gasteiger partial charge in [-0.25, -0.2) is 0 Å². The molecule has 1 heteroatoms. The molecule has 0 spiro atoms. The van der Waals surface area contributed by atoms with Gasteiger partial charge in [-0.3, -0.25) is 5.11 Å². The van der Waals surface area contributed by atoms with E-state index in [1.165, 1.54) is 5.56 Å². The largest absolute Gasteiger partial charge is 0.289 e. The first-order valence-corrected chi connectivity index (χ1v) is 10.0. The molecule has 0 aromatic heterocycles. The highest BCUT2D eigenvalue weighted by atomic mass is 16.3. The molecule has 0 aliphatic rings. The van der Waals surface area contributed by atoms with Crippen LogP contribution < -0.4 is 0 Å². The summed E-state index contributed by atoms with van der Waals surface area (Å²) in [5.41, 5.74) is 6.96. The number of hydrogen-bond donors (Lipinski definition) is 0. The minimum absolute atomic E-state index is 0.0671. The Morgan fingerprint density at radius 3 is 1.38 bits per heavy atom. The standard InChI is InChI=1S/C28H25O/c1-28(2,3)24-16-14-20(15-17-24)23-18-25(21-10-6-4-7-11-21)27(29)26(19-23)22-12-8-5-9-13-22/h4-19H,1-3H3. The Morgan fingerprint density at radius 1 is 0.517 bits per heavy atom. The van der Waals surface area contributed by atoms with Crippen molar-refractivity contribution in [3.05, 3.63) is 103 Å². The minimum atomic E-state index is 0.0671. The summed E-state index contributed by atoms with van der Waals surface area (Å²) in [4.78, 5) is 0. The summed E-state index contributed by atoms with van der Waals surface area (Å²) in [5.74, 6) is 0.0671. The zero-order valence-corrected chi connectivity index (χ0v) is 17.1. The summed E-state index contributed by atoms with van der Waals surface area (Å²) in [6, 6.07) is 32.6. The lowest BCUT2D eigenvalue weighted by Gasteiger charge is -2.19. The third-order valence-corrected chi connectivity index (χ3v) is 5.34. The lowest BCUT2D eigenvalue weighted by atomic mass is 9.85. The zero-order chi connectivity index (χ0) is 20.4. The summed E-state index contributed by atoms with van der Waals surface area (Å²) >= 11 is 0. The van der Waals surface area contributed by atoms with Gasteiger partial charge < -0.3 is 0 Å². The van der Waals surface area contributed by atoms with Crippen molar-refractivity contribution in [2.24, 2.45) is 0 Å². The Balaban J connectivity index is 1.90. The molecule has 4 aromatic rings. The summed E-state index contributed by atoms with van der Waals surface area (Å²) in [6.07, 6.45) is 0. The van der Waals surface area contributed by atoms with Gasteiger partial charge in [-0.15, -0.1) is 0 Å². The lowest BCUT2D eigenvalue weighted by molar-refractivity contribution is 0.358. The van der Waals surface area contributed by atoms with Crippen LogP contribution in [0.3, 0.4) is 0 Å². The van der Waals surface area contributed by atoms with E-state index in [-0.39, 0.29) is 11.2 Å². The van der Waals surface area contributed by atoms with E-state index in [2.05, 4.69) is 45.0 Å². The first kappa shape index (κ1) is 19.0. The fourth-order valence-electron chi connectivity index (χ4n) is 3.62. The van der Waals surface area contributed by atoms with Crippen LogP contribution in [0.15, 0.2) is 97.1 Å². The molecule has 0 fully saturated rings. The topological polar surface area (TPSA) is 19.9 Å². The van der Waals surface area contributed by atoms with Crippen LogP contribution in [0.5, 0.6) is 5.75 Å². The normalized spacial score (nSPS) is 11.4. The highest BCUT2D eigenvalue weighted by molar-refractivity contribution is 5.87. The smallest absolute Gasteiger partial charge is 0.194 e. The Labute approximate surface area is 173 Å². The maximum Gasteiger partial charge on any atom is 0.194 e. The van der Waals surface area contributed by atoms with E-state index in [1.54, 1.807) is 0 Å². The van der Waals surface area contributed by atoms with Crippen molar-refractivity contribution in [1.29, 1.82) is 0 Å². The van der Waals surface area contributed by atoms with E-state index < -0.39 is 0 Å². The molecule has 0 heterocycles.